The summed E-state index contributed by atoms with van der Waals surface area (Å²) in [7, 11) is 0. The highest BCUT2D eigenvalue weighted by Gasteiger charge is 2.35. The fourth-order valence-corrected chi connectivity index (χ4v) is 3.03. The molecule has 0 N–H and O–H groups in total. The van der Waals surface area contributed by atoms with E-state index in [1.165, 1.54) is 4.42 Å². The van der Waals surface area contributed by atoms with Crippen LogP contribution in [-0.2, 0) is 6.54 Å². The molecule has 0 saturated carbocycles. The second-order valence-corrected chi connectivity index (χ2v) is 6.12. The number of hydrogen-bond acceptors (Lipinski definition) is 3. The minimum atomic E-state index is -0.923. The molecule has 0 radical (unpaired) electrons. The number of rotatable bonds is 3. The molecule has 0 bridgehead atoms. The first-order valence-electron chi connectivity index (χ1n) is 6.75. The molecule has 4 nitrogen and oxygen atoms in total. The highest BCUT2D eigenvalue weighted by Crippen LogP contribution is 2.34. The SMILES string of the molecule is Cc1nnc([C@H]2CC(F)CN2Cl)n1Cc1ccc(Cl)cc1. The summed E-state index contributed by atoms with van der Waals surface area (Å²) >= 11 is 12.0. The molecule has 2 aromatic rings. The van der Waals surface area contributed by atoms with E-state index in [1.54, 1.807) is 0 Å². The Morgan fingerprint density at radius 2 is 2.00 bits per heavy atom. The third kappa shape index (κ3) is 3.05. The molecule has 1 fully saturated rings. The highest BCUT2D eigenvalue weighted by molar-refractivity contribution is 6.30. The van der Waals surface area contributed by atoms with Crippen LogP contribution in [0.5, 0.6) is 0 Å². The van der Waals surface area contributed by atoms with E-state index in [-0.39, 0.29) is 12.6 Å². The topological polar surface area (TPSA) is 34.0 Å². The van der Waals surface area contributed by atoms with Gasteiger partial charge in [-0.3, -0.25) is 0 Å². The van der Waals surface area contributed by atoms with Crippen molar-refractivity contribution in [2.75, 3.05) is 6.54 Å². The Bertz CT molecular complexity index is 628. The van der Waals surface area contributed by atoms with Crippen LogP contribution in [0.1, 0.15) is 29.7 Å². The molecule has 21 heavy (non-hydrogen) atoms. The summed E-state index contributed by atoms with van der Waals surface area (Å²) in [4.78, 5) is 0. The van der Waals surface area contributed by atoms with Gasteiger partial charge in [0.05, 0.1) is 12.6 Å². The molecule has 7 heteroatoms. The van der Waals surface area contributed by atoms with Crippen molar-refractivity contribution in [2.45, 2.75) is 32.1 Å². The van der Waals surface area contributed by atoms with Crippen LogP contribution in [0.25, 0.3) is 0 Å². The van der Waals surface area contributed by atoms with Crippen molar-refractivity contribution >= 4 is 23.4 Å². The van der Waals surface area contributed by atoms with Crippen molar-refractivity contribution in [2.24, 2.45) is 0 Å². The van der Waals surface area contributed by atoms with Crippen molar-refractivity contribution in [1.82, 2.24) is 19.2 Å². The number of halogens is 3. The van der Waals surface area contributed by atoms with Gasteiger partial charge >= 0.3 is 0 Å². The molecular formula is C14H15Cl2FN4. The molecule has 2 atom stereocenters. The van der Waals surface area contributed by atoms with Gasteiger partial charge in [0.1, 0.15) is 12.0 Å². The molecular weight excluding hydrogens is 314 g/mol. The van der Waals surface area contributed by atoms with Gasteiger partial charge in [0.2, 0.25) is 0 Å². The number of aryl methyl sites for hydroxylation is 1. The highest BCUT2D eigenvalue weighted by atomic mass is 35.5. The van der Waals surface area contributed by atoms with Gasteiger partial charge in [0, 0.05) is 18.0 Å². The summed E-state index contributed by atoms with van der Waals surface area (Å²) in [6.07, 6.45) is -0.573. The number of hydrogen-bond donors (Lipinski definition) is 0. The summed E-state index contributed by atoms with van der Waals surface area (Å²) < 4.78 is 17.0. The van der Waals surface area contributed by atoms with Crippen LogP contribution in [0.2, 0.25) is 5.02 Å². The predicted molar refractivity (Wildman–Crippen MR) is 80.1 cm³/mol. The van der Waals surface area contributed by atoms with Crippen molar-refractivity contribution < 1.29 is 4.39 Å². The van der Waals surface area contributed by atoms with E-state index < -0.39 is 6.17 Å². The van der Waals surface area contributed by atoms with Gasteiger partial charge in [-0.1, -0.05) is 23.7 Å². The van der Waals surface area contributed by atoms with E-state index in [2.05, 4.69) is 10.2 Å². The first-order chi connectivity index (χ1) is 10.0. The van der Waals surface area contributed by atoms with Crippen LogP contribution in [0.4, 0.5) is 4.39 Å². The summed E-state index contributed by atoms with van der Waals surface area (Å²) in [5.74, 6) is 1.49. The molecule has 0 aliphatic carbocycles. The van der Waals surface area contributed by atoms with Gasteiger partial charge in [-0.05, 0) is 36.4 Å². The summed E-state index contributed by atoms with van der Waals surface area (Å²) in [6.45, 7) is 2.72. The van der Waals surface area contributed by atoms with E-state index in [9.17, 15) is 4.39 Å². The van der Waals surface area contributed by atoms with Gasteiger partial charge in [-0.15, -0.1) is 10.2 Å². The van der Waals surface area contributed by atoms with E-state index in [0.29, 0.717) is 23.8 Å². The first-order valence-corrected chi connectivity index (χ1v) is 7.47. The molecule has 1 aromatic heterocycles. The minimum absolute atomic E-state index is 0.221. The number of aromatic nitrogens is 3. The van der Waals surface area contributed by atoms with Gasteiger partial charge in [-0.2, -0.15) is 0 Å². The standard InChI is InChI=1S/C14H15Cl2FN4/c1-9-18-19-14(13-6-12(17)8-21(13)16)20(9)7-10-2-4-11(15)5-3-10/h2-5,12-13H,6-8H2,1H3/t12?,13-/m1/s1. The molecule has 1 aliphatic rings. The van der Waals surface area contributed by atoms with Crippen molar-refractivity contribution in [3.8, 4) is 0 Å². The monoisotopic (exact) mass is 328 g/mol. The number of benzene rings is 1. The lowest BCUT2D eigenvalue weighted by Crippen LogP contribution is -2.18. The summed E-state index contributed by atoms with van der Waals surface area (Å²) in [6, 6.07) is 7.36. The minimum Gasteiger partial charge on any atom is -0.309 e. The largest absolute Gasteiger partial charge is 0.309 e. The smallest absolute Gasteiger partial charge is 0.152 e. The normalized spacial score (nSPS) is 22.9. The van der Waals surface area contributed by atoms with E-state index in [4.69, 9.17) is 23.4 Å². The summed E-state index contributed by atoms with van der Waals surface area (Å²) in [5.41, 5.74) is 1.08. The van der Waals surface area contributed by atoms with Gasteiger partial charge < -0.3 is 4.57 Å². The first kappa shape index (κ1) is 14.8. The predicted octanol–water partition coefficient (Wildman–Crippen LogP) is 3.53. The van der Waals surface area contributed by atoms with Crippen LogP contribution in [0.3, 0.4) is 0 Å². The average Bonchev–Trinajstić information content (AvgIpc) is 2.96. The van der Waals surface area contributed by atoms with Crippen LogP contribution in [-0.4, -0.2) is 31.9 Å². The Morgan fingerprint density at radius 3 is 2.62 bits per heavy atom. The molecule has 3 rings (SSSR count). The lowest BCUT2D eigenvalue weighted by atomic mass is 10.2. The summed E-state index contributed by atoms with van der Waals surface area (Å²) in [5, 5.41) is 9.00. The second-order valence-electron chi connectivity index (χ2n) is 5.25. The van der Waals surface area contributed by atoms with Gasteiger partial charge in [0.15, 0.2) is 5.82 Å². The zero-order valence-electron chi connectivity index (χ0n) is 11.5. The molecule has 1 aliphatic heterocycles. The van der Waals surface area contributed by atoms with Gasteiger partial charge in [0.25, 0.3) is 0 Å². The number of nitrogens with zero attached hydrogens (tertiary/aromatic N) is 4. The maximum Gasteiger partial charge on any atom is 0.152 e. The Balaban J connectivity index is 1.88. The molecule has 1 saturated heterocycles. The van der Waals surface area contributed by atoms with Gasteiger partial charge in [-0.25, -0.2) is 8.81 Å². The zero-order valence-corrected chi connectivity index (χ0v) is 13.0. The Hall–Kier alpha value is -1.17. The van der Waals surface area contributed by atoms with Crippen LogP contribution in [0, 0.1) is 6.92 Å². The number of alkyl halides is 1. The van der Waals surface area contributed by atoms with Crippen molar-refractivity contribution in [1.29, 1.82) is 0 Å². The maximum atomic E-state index is 13.5. The quantitative estimate of drug-likeness (QED) is 0.808. The molecule has 1 aromatic carbocycles. The van der Waals surface area contributed by atoms with E-state index >= 15 is 0 Å². The third-order valence-corrected chi connectivity index (χ3v) is 4.33. The van der Waals surface area contributed by atoms with Crippen LogP contribution in [0.15, 0.2) is 24.3 Å². The van der Waals surface area contributed by atoms with Crippen LogP contribution >= 0.6 is 23.4 Å². The lowest BCUT2D eigenvalue weighted by Gasteiger charge is -2.17. The van der Waals surface area contributed by atoms with Crippen molar-refractivity contribution in [3.05, 3.63) is 46.5 Å². The Morgan fingerprint density at radius 1 is 1.29 bits per heavy atom. The molecule has 112 valence electrons. The maximum absolute atomic E-state index is 13.5. The van der Waals surface area contributed by atoms with E-state index in [1.807, 2.05) is 35.8 Å². The third-order valence-electron chi connectivity index (χ3n) is 3.71. The average molecular weight is 329 g/mol. The second kappa shape index (κ2) is 5.91. The Labute approximate surface area is 132 Å². The molecule has 1 unspecified atom stereocenters. The molecule has 0 amide bonds. The molecule has 2 heterocycles. The fourth-order valence-electron chi connectivity index (χ4n) is 2.59. The van der Waals surface area contributed by atoms with Crippen LogP contribution < -0.4 is 0 Å². The molecule has 0 spiro atoms. The lowest BCUT2D eigenvalue weighted by molar-refractivity contribution is 0.347. The zero-order chi connectivity index (χ0) is 15.0. The van der Waals surface area contributed by atoms with E-state index in [0.717, 1.165) is 11.4 Å². The fraction of sp³-hybridized carbons (Fsp3) is 0.429. The van der Waals surface area contributed by atoms with Crippen molar-refractivity contribution in [3.63, 3.8) is 0 Å². The Kier molecular flexibility index (Phi) is 4.15.